The van der Waals surface area contributed by atoms with Crippen LogP contribution in [-0.4, -0.2) is 33.5 Å². The molecule has 8 heteroatoms. The summed E-state index contributed by atoms with van der Waals surface area (Å²) in [6, 6.07) is 11.6. The normalized spacial score (nSPS) is 16.7. The number of nitrogens with one attached hydrogen (secondary N) is 3. The van der Waals surface area contributed by atoms with E-state index in [0.29, 0.717) is 11.3 Å². The van der Waals surface area contributed by atoms with Gasteiger partial charge in [0.15, 0.2) is 0 Å². The largest absolute Gasteiger partial charge is 0.348 e. The number of anilines is 1. The van der Waals surface area contributed by atoms with Crippen molar-refractivity contribution in [2.45, 2.75) is 37.6 Å². The first-order valence-electron chi connectivity index (χ1n) is 9.07. The molecule has 1 heterocycles. The smallest absolute Gasteiger partial charge is 0.261 e. The predicted molar refractivity (Wildman–Crippen MR) is 114 cm³/mol. The monoisotopic (exact) mass is 423 g/mol. The standard InChI is InChI=1S/C20H25N3O3S.ClH/c1-14-5-10-19(12-15(14)2)27(25,26)23-17-8-6-16(7-9-17)20(24)22-18-4-3-11-21-13-18;/h5-10,12,18,21,23H,3-4,11,13H2,1-2H3,(H,22,24);1H/t18-;/m0./s1. The molecule has 0 saturated carbocycles. The van der Waals surface area contributed by atoms with Crippen LogP contribution in [0.1, 0.15) is 34.3 Å². The molecular formula is C20H26ClN3O3S. The quantitative estimate of drug-likeness (QED) is 0.689. The van der Waals surface area contributed by atoms with E-state index in [0.717, 1.165) is 37.1 Å². The molecule has 0 aromatic heterocycles. The van der Waals surface area contributed by atoms with Crippen molar-refractivity contribution in [3.05, 3.63) is 59.2 Å². The Balaban J connectivity index is 0.00000280. The number of benzene rings is 2. The second-order valence-electron chi connectivity index (χ2n) is 6.95. The Hall–Kier alpha value is -2.09. The molecule has 2 aromatic carbocycles. The molecule has 2 aromatic rings. The fourth-order valence-corrected chi connectivity index (χ4v) is 4.17. The summed E-state index contributed by atoms with van der Waals surface area (Å²) in [5.74, 6) is -0.146. The summed E-state index contributed by atoms with van der Waals surface area (Å²) in [5.41, 5.74) is 2.89. The number of hydrogen-bond acceptors (Lipinski definition) is 4. The van der Waals surface area contributed by atoms with Gasteiger partial charge >= 0.3 is 0 Å². The van der Waals surface area contributed by atoms with Crippen molar-refractivity contribution in [1.82, 2.24) is 10.6 Å². The SMILES string of the molecule is Cc1ccc(S(=O)(=O)Nc2ccc(C(=O)N[C@H]3CCCNC3)cc2)cc1C.Cl. The number of aryl methyl sites for hydroxylation is 2. The third kappa shape index (κ3) is 5.47. The third-order valence-electron chi connectivity index (χ3n) is 4.82. The van der Waals surface area contributed by atoms with E-state index in [9.17, 15) is 13.2 Å². The molecule has 0 spiro atoms. The number of rotatable bonds is 5. The minimum absolute atomic E-state index is 0. The average molecular weight is 424 g/mol. The predicted octanol–water partition coefficient (Wildman–Crippen LogP) is 3.01. The lowest BCUT2D eigenvalue weighted by Crippen LogP contribution is -2.45. The molecular weight excluding hydrogens is 398 g/mol. The highest BCUT2D eigenvalue weighted by Crippen LogP contribution is 2.19. The Morgan fingerprint density at radius 3 is 2.39 bits per heavy atom. The first kappa shape index (κ1) is 22.2. The van der Waals surface area contributed by atoms with Crippen LogP contribution in [-0.2, 0) is 10.0 Å². The summed E-state index contributed by atoms with van der Waals surface area (Å²) in [6.45, 7) is 5.58. The number of halogens is 1. The fraction of sp³-hybridized carbons (Fsp3) is 0.350. The maximum Gasteiger partial charge on any atom is 0.261 e. The molecule has 0 aliphatic carbocycles. The summed E-state index contributed by atoms with van der Waals surface area (Å²) in [6.07, 6.45) is 2.01. The van der Waals surface area contributed by atoms with Gasteiger partial charge in [0.25, 0.3) is 15.9 Å². The molecule has 1 saturated heterocycles. The Bertz CT molecular complexity index is 924. The van der Waals surface area contributed by atoms with Gasteiger partial charge < -0.3 is 10.6 Å². The molecule has 0 unspecified atom stereocenters. The lowest BCUT2D eigenvalue weighted by molar-refractivity contribution is 0.0930. The Kier molecular flexibility index (Phi) is 7.46. The molecule has 1 aliphatic heterocycles. The van der Waals surface area contributed by atoms with Crippen LogP contribution in [0.15, 0.2) is 47.4 Å². The van der Waals surface area contributed by atoms with Gasteiger partial charge in [0.2, 0.25) is 0 Å². The molecule has 1 aliphatic rings. The van der Waals surface area contributed by atoms with E-state index in [2.05, 4.69) is 15.4 Å². The van der Waals surface area contributed by atoms with Gasteiger partial charge in [-0.2, -0.15) is 0 Å². The lowest BCUT2D eigenvalue weighted by atomic mass is 10.1. The van der Waals surface area contributed by atoms with E-state index in [1.165, 1.54) is 0 Å². The van der Waals surface area contributed by atoms with Crippen molar-refractivity contribution in [2.24, 2.45) is 0 Å². The van der Waals surface area contributed by atoms with Gasteiger partial charge in [0, 0.05) is 23.8 Å². The first-order valence-corrected chi connectivity index (χ1v) is 10.6. The topological polar surface area (TPSA) is 87.3 Å². The van der Waals surface area contributed by atoms with E-state index in [-0.39, 0.29) is 29.3 Å². The molecule has 1 atom stereocenters. The van der Waals surface area contributed by atoms with Crippen molar-refractivity contribution in [3.63, 3.8) is 0 Å². The Labute approximate surface area is 172 Å². The van der Waals surface area contributed by atoms with Crippen LogP contribution in [0, 0.1) is 13.8 Å². The summed E-state index contributed by atoms with van der Waals surface area (Å²) in [7, 11) is -3.67. The lowest BCUT2D eigenvalue weighted by Gasteiger charge is -2.23. The molecule has 0 bridgehead atoms. The summed E-state index contributed by atoms with van der Waals surface area (Å²) in [5, 5.41) is 6.26. The molecule has 1 amide bonds. The number of hydrogen-bond donors (Lipinski definition) is 3. The van der Waals surface area contributed by atoms with Crippen LogP contribution in [0.25, 0.3) is 0 Å². The van der Waals surface area contributed by atoms with E-state index in [1.807, 2.05) is 13.8 Å². The van der Waals surface area contributed by atoms with E-state index in [4.69, 9.17) is 0 Å². The van der Waals surface area contributed by atoms with E-state index in [1.54, 1.807) is 42.5 Å². The summed E-state index contributed by atoms with van der Waals surface area (Å²) >= 11 is 0. The molecule has 6 nitrogen and oxygen atoms in total. The summed E-state index contributed by atoms with van der Waals surface area (Å²) < 4.78 is 27.7. The minimum atomic E-state index is -3.67. The van der Waals surface area contributed by atoms with E-state index >= 15 is 0 Å². The van der Waals surface area contributed by atoms with Crippen molar-refractivity contribution >= 4 is 34.0 Å². The van der Waals surface area contributed by atoms with Crippen molar-refractivity contribution in [2.75, 3.05) is 17.8 Å². The Morgan fingerprint density at radius 2 is 1.79 bits per heavy atom. The number of piperidine rings is 1. The zero-order valence-electron chi connectivity index (χ0n) is 16.0. The van der Waals surface area contributed by atoms with Crippen molar-refractivity contribution in [1.29, 1.82) is 0 Å². The maximum atomic E-state index is 12.5. The zero-order valence-corrected chi connectivity index (χ0v) is 17.6. The summed E-state index contributed by atoms with van der Waals surface area (Å²) in [4.78, 5) is 12.5. The minimum Gasteiger partial charge on any atom is -0.348 e. The second kappa shape index (κ2) is 9.41. The third-order valence-corrected chi connectivity index (χ3v) is 6.20. The van der Waals surface area contributed by atoms with E-state index < -0.39 is 10.0 Å². The molecule has 3 rings (SSSR count). The average Bonchev–Trinajstić information content (AvgIpc) is 2.65. The number of amides is 1. The van der Waals surface area contributed by atoms with Gasteiger partial charge in [0.1, 0.15) is 0 Å². The highest BCUT2D eigenvalue weighted by molar-refractivity contribution is 7.92. The second-order valence-corrected chi connectivity index (χ2v) is 8.63. The highest BCUT2D eigenvalue weighted by Gasteiger charge is 2.17. The molecule has 152 valence electrons. The van der Waals surface area contributed by atoms with Crippen LogP contribution >= 0.6 is 12.4 Å². The first-order chi connectivity index (χ1) is 12.8. The van der Waals surface area contributed by atoms with Crippen LogP contribution in [0.4, 0.5) is 5.69 Å². The van der Waals surface area contributed by atoms with Gasteiger partial charge in [-0.15, -0.1) is 12.4 Å². The van der Waals surface area contributed by atoms with Gasteiger partial charge in [-0.05, 0) is 80.8 Å². The maximum absolute atomic E-state index is 12.5. The van der Waals surface area contributed by atoms with Gasteiger partial charge in [-0.25, -0.2) is 8.42 Å². The fourth-order valence-electron chi connectivity index (χ4n) is 3.03. The van der Waals surface area contributed by atoms with Crippen LogP contribution in [0.2, 0.25) is 0 Å². The number of sulfonamides is 1. The Morgan fingerprint density at radius 1 is 1.07 bits per heavy atom. The van der Waals surface area contributed by atoms with Gasteiger partial charge in [-0.1, -0.05) is 6.07 Å². The number of carbonyl (C=O) groups excluding carboxylic acids is 1. The van der Waals surface area contributed by atoms with Crippen LogP contribution in [0.5, 0.6) is 0 Å². The molecule has 28 heavy (non-hydrogen) atoms. The van der Waals surface area contributed by atoms with Gasteiger partial charge in [0.05, 0.1) is 4.90 Å². The zero-order chi connectivity index (χ0) is 19.4. The highest BCUT2D eigenvalue weighted by atomic mass is 35.5. The van der Waals surface area contributed by atoms with Crippen molar-refractivity contribution in [3.8, 4) is 0 Å². The molecule has 3 N–H and O–H groups in total. The molecule has 1 fully saturated rings. The molecule has 0 radical (unpaired) electrons. The van der Waals surface area contributed by atoms with Crippen molar-refractivity contribution < 1.29 is 13.2 Å². The van der Waals surface area contributed by atoms with Crippen LogP contribution in [0.3, 0.4) is 0 Å². The van der Waals surface area contributed by atoms with Gasteiger partial charge in [-0.3, -0.25) is 9.52 Å². The number of carbonyl (C=O) groups is 1. The van der Waals surface area contributed by atoms with Crippen LogP contribution < -0.4 is 15.4 Å².